The topological polar surface area (TPSA) is 0 Å². The molecule has 0 fully saturated rings. The van der Waals surface area contributed by atoms with Crippen molar-refractivity contribution in [2.24, 2.45) is 0 Å². The molecule has 0 heterocycles. The number of halogens is 2. The molecule has 27 heavy (non-hydrogen) atoms. The molecule has 3 heteroatoms. The maximum atomic E-state index is 6.83. The first-order valence-electron chi connectivity index (χ1n) is 8.85. The van der Waals surface area contributed by atoms with Gasteiger partial charge in [0.15, 0.2) is 0 Å². The number of benzene rings is 4. The minimum absolute atomic E-state index is 0.735. The van der Waals surface area contributed by atoms with E-state index in [1.807, 2.05) is 18.2 Å². The minimum atomic E-state index is -3.37. The Balaban J connectivity index is 2.21. The Bertz CT molecular complexity index is 915. The summed E-state index contributed by atoms with van der Waals surface area (Å²) >= 11 is 10.3. The van der Waals surface area contributed by atoms with E-state index in [1.165, 1.54) is 13.2 Å². The van der Waals surface area contributed by atoms with Gasteiger partial charge in [0, 0.05) is 0 Å². The molecule has 0 saturated heterocycles. The quantitative estimate of drug-likeness (QED) is 0.406. The summed E-state index contributed by atoms with van der Waals surface area (Å²) in [6.07, 6.45) is 0. The summed E-state index contributed by atoms with van der Waals surface area (Å²) in [5.74, 6) is 0. The molecule has 4 rings (SSSR count). The predicted molar refractivity (Wildman–Crippen MR) is 120 cm³/mol. The normalized spacial score (nSPS) is 11.3. The fourth-order valence-electron chi connectivity index (χ4n) is 3.85. The van der Waals surface area contributed by atoms with Gasteiger partial charge in [-0.1, -0.05) is 0 Å². The standard InChI is InChI=1S/C24H18Cl2Ge/c25-22-17-10-18-23(26)24(22)27(19-11-4-1-5-12-19,20-13-6-2-7-14-20)21-15-8-3-9-16-21/h1-18H. The maximum absolute atomic E-state index is 6.83. The summed E-state index contributed by atoms with van der Waals surface area (Å²) in [7, 11) is 0. The van der Waals surface area contributed by atoms with Crippen molar-refractivity contribution in [3.05, 3.63) is 119 Å². The first-order chi connectivity index (χ1) is 13.2. The van der Waals surface area contributed by atoms with Crippen molar-refractivity contribution in [2.75, 3.05) is 0 Å². The Labute approximate surface area is 172 Å². The fraction of sp³-hybridized carbons (Fsp3) is 0. The van der Waals surface area contributed by atoms with Crippen molar-refractivity contribution in [3.8, 4) is 0 Å². The van der Waals surface area contributed by atoms with E-state index in [4.69, 9.17) is 23.2 Å². The molecule has 0 unspecified atom stereocenters. The SMILES string of the molecule is Clc1cccc(Cl)[c]1[Ge]([c]1ccccc1)([c]1ccccc1)[c]1ccccc1. The van der Waals surface area contributed by atoms with Crippen molar-refractivity contribution < 1.29 is 0 Å². The van der Waals surface area contributed by atoms with Gasteiger partial charge in [0.1, 0.15) is 0 Å². The molecular weight excluding hydrogens is 432 g/mol. The van der Waals surface area contributed by atoms with E-state index in [2.05, 4.69) is 91.0 Å². The van der Waals surface area contributed by atoms with Gasteiger partial charge in [-0.3, -0.25) is 0 Å². The molecule has 4 aromatic rings. The van der Waals surface area contributed by atoms with Crippen LogP contribution >= 0.6 is 23.2 Å². The van der Waals surface area contributed by atoms with Crippen LogP contribution in [0.2, 0.25) is 10.0 Å². The van der Waals surface area contributed by atoms with Crippen LogP contribution in [0.4, 0.5) is 0 Å². The molecule has 0 aliphatic heterocycles. The van der Waals surface area contributed by atoms with Crippen LogP contribution in [0.25, 0.3) is 0 Å². The van der Waals surface area contributed by atoms with Crippen molar-refractivity contribution in [1.29, 1.82) is 0 Å². The first-order valence-corrected chi connectivity index (χ1v) is 13.8. The van der Waals surface area contributed by atoms with Gasteiger partial charge in [-0.2, -0.15) is 0 Å². The van der Waals surface area contributed by atoms with Crippen molar-refractivity contribution >= 4 is 54.1 Å². The van der Waals surface area contributed by atoms with E-state index >= 15 is 0 Å². The summed E-state index contributed by atoms with van der Waals surface area (Å²) in [6.45, 7) is 0. The summed E-state index contributed by atoms with van der Waals surface area (Å²) in [5, 5.41) is 1.47. The third kappa shape index (κ3) is 3.23. The molecule has 0 radical (unpaired) electrons. The van der Waals surface area contributed by atoms with Crippen LogP contribution in [0.15, 0.2) is 109 Å². The van der Waals surface area contributed by atoms with Gasteiger partial charge in [0.25, 0.3) is 0 Å². The van der Waals surface area contributed by atoms with Crippen LogP contribution < -0.4 is 17.6 Å². The third-order valence-electron chi connectivity index (χ3n) is 4.96. The first kappa shape index (κ1) is 18.4. The number of hydrogen-bond acceptors (Lipinski definition) is 0. The van der Waals surface area contributed by atoms with Crippen LogP contribution in [-0.4, -0.2) is 13.3 Å². The van der Waals surface area contributed by atoms with E-state index < -0.39 is 13.3 Å². The molecule has 0 atom stereocenters. The van der Waals surface area contributed by atoms with Crippen molar-refractivity contribution in [1.82, 2.24) is 0 Å². The van der Waals surface area contributed by atoms with Gasteiger partial charge >= 0.3 is 173 Å². The molecule has 0 bridgehead atoms. The molecule has 0 aromatic heterocycles. The number of hydrogen-bond donors (Lipinski definition) is 0. The van der Waals surface area contributed by atoms with E-state index in [1.54, 1.807) is 0 Å². The summed E-state index contributed by atoms with van der Waals surface area (Å²) in [4.78, 5) is 0. The van der Waals surface area contributed by atoms with E-state index in [0.29, 0.717) is 0 Å². The molecule has 0 amide bonds. The molecule has 132 valence electrons. The average molecular weight is 450 g/mol. The van der Waals surface area contributed by atoms with Crippen LogP contribution in [0.5, 0.6) is 0 Å². The second-order valence-electron chi connectivity index (χ2n) is 6.44. The van der Waals surface area contributed by atoms with Crippen LogP contribution in [0.1, 0.15) is 0 Å². The van der Waals surface area contributed by atoms with Crippen LogP contribution in [0, 0.1) is 0 Å². The molecule has 0 N–H and O–H groups in total. The second kappa shape index (κ2) is 7.94. The zero-order chi connectivity index (χ0) is 18.7. The van der Waals surface area contributed by atoms with Crippen LogP contribution in [0.3, 0.4) is 0 Å². The molecule has 0 saturated carbocycles. The Morgan fingerprint density at radius 3 is 1.07 bits per heavy atom. The zero-order valence-corrected chi connectivity index (χ0v) is 18.3. The van der Waals surface area contributed by atoms with Gasteiger partial charge in [-0.15, -0.1) is 0 Å². The molecule has 0 aliphatic carbocycles. The Kier molecular flexibility index (Phi) is 5.40. The third-order valence-corrected chi connectivity index (χ3v) is 16.5. The molecule has 0 aliphatic rings. The van der Waals surface area contributed by atoms with E-state index in [0.717, 1.165) is 14.4 Å². The van der Waals surface area contributed by atoms with Crippen LogP contribution in [-0.2, 0) is 0 Å². The Morgan fingerprint density at radius 1 is 0.407 bits per heavy atom. The Morgan fingerprint density at radius 2 is 0.741 bits per heavy atom. The van der Waals surface area contributed by atoms with Gasteiger partial charge < -0.3 is 0 Å². The molecule has 4 aromatic carbocycles. The monoisotopic (exact) mass is 450 g/mol. The molecule has 0 nitrogen and oxygen atoms in total. The van der Waals surface area contributed by atoms with Crippen molar-refractivity contribution in [2.45, 2.75) is 0 Å². The molecule has 0 spiro atoms. The summed E-state index contributed by atoms with van der Waals surface area (Å²) < 4.78 is 5.02. The Hall–Kier alpha value is -2.00. The predicted octanol–water partition coefficient (Wildman–Crippen LogP) is 4.37. The molecular formula is C24H18Cl2Ge. The van der Waals surface area contributed by atoms with Gasteiger partial charge in [-0.25, -0.2) is 0 Å². The fourth-order valence-corrected chi connectivity index (χ4v) is 15.9. The second-order valence-corrected chi connectivity index (χ2v) is 15.1. The van der Waals surface area contributed by atoms with Gasteiger partial charge in [0.05, 0.1) is 0 Å². The van der Waals surface area contributed by atoms with Crippen molar-refractivity contribution in [3.63, 3.8) is 0 Å². The van der Waals surface area contributed by atoms with E-state index in [-0.39, 0.29) is 0 Å². The number of rotatable bonds is 4. The average Bonchev–Trinajstić information content (AvgIpc) is 2.73. The van der Waals surface area contributed by atoms with Gasteiger partial charge in [-0.05, 0) is 0 Å². The summed E-state index contributed by atoms with van der Waals surface area (Å²) in [5.41, 5.74) is 0. The van der Waals surface area contributed by atoms with E-state index in [9.17, 15) is 0 Å². The zero-order valence-electron chi connectivity index (χ0n) is 14.6. The summed E-state index contributed by atoms with van der Waals surface area (Å²) in [6, 6.07) is 37.9. The van der Waals surface area contributed by atoms with Gasteiger partial charge in [0.2, 0.25) is 0 Å².